The first-order valence-corrected chi connectivity index (χ1v) is 11.6. The fourth-order valence-electron chi connectivity index (χ4n) is 3.35. The molecule has 0 spiro atoms. The van der Waals surface area contributed by atoms with E-state index in [2.05, 4.69) is 33.0 Å². The molecule has 2 atom stereocenters. The minimum atomic E-state index is -3.46. The van der Waals surface area contributed by atoms with Crippen LogP contribution < -0.4 is 10.6 Å². The van der Waals surface area contributed by atoms with E-state index < -0.39 is 8.87 Å². The number of benzene rings is 1. The predicted molar refractivity (Wildman–Crippen MR) is 101 cm³/mol. The topological polar surface area (TPSA) is 83.7 Å². The van der Waals surface area contributed by atoms with E-state index in [9.17, 15) is 13.2 Å². The first kappa shape index (κ1) is 18.0. The predicted octanol–water partition coefficient (Wildman–Crippen LogP) is 1.96. The van der Waals surface area contributed by atoms with Crippen LogP contribution in [0.25, 0.3) is 0 Å². The van der Waals surface area contributed by atoms with Crippen LogP contribution in [0.1, 0.15) is 0 Å². The Morgan fingerprint density at radius 1 is 1.17 bits per heavy atom. The Morgan fingerprint density at radius 3 is 2.29 bits per heavy atom. The maximum Gasteiger partial charge on any atom is 0.296 e. The van der Waals surface area contributed by atoms with Crippen LogP contribution in [0.3, 0.4) is 0 Å². The van der Waals surface area contributed by atoms with Crippen LogP contribution in [0.2, 0.25) is 0 Å². The average molecular weight is 434 g/mol. The minimum Gasteiger partial charge on any atom is -0.371 e. The number of nitrogens with zero attached hydrogens (tertiary/aromatic N) is 2. The van der Waals surface area contributed by atoms with Crippen molar-refractivity contribution in [1.29, 1.82) is 0 Å². The van der Waals surface area contributed by atoms with Gasteiger partial charge in [-0.1, -0.05) is 15.9 Å². The van der Waals surface area contributed by atoms with E-state index in [1.807, 2.05) is 12.1 Å². The first-order valence-electron chi connectivity index (χ1n) is 7.79. The molecule has 0 bridgehead atoms. The molecule has 1 aromatic carbocycles. The van der Waals surface area contributed by atoms with Crippen molar-refractivity contribution in [1.82, 2.24) is 4.90 Å². The summed E-state index contributed by atoms with van der Waals surface area (Å²) < 4.78 is 24.5. The number of hydrogen-bond donors (Lipinski definition) is 1. The highest BCUT2D eigenvalue weighted by atomic mass is 79.9. The number of amides is 1. The van der Waals surface area contributed by atoms with E-state index in [4.69, 9.17) is 5.73 Å². The van der Waals surface area contributed by atoms with Crippen LogP contribution in [0.5, 0.6) is 0 Å². The zero-order chi connectivity index (χ0) is 17.3. The molecule has 2 N–H and O–H groups in total. The fraction of sp³-hybridized carbons (Fsp3) is 0.533. The number of nitrogens with two attached hydrogens (primary N) is 1. The highest BCUT2D eigenvalue weighted by Crippen LogP contribution is 2.36. The maximum atomic E-state index is 12.2. The molecular formula is C15H20BrN3O3S2. The van der Waals surface area contributed by atoms with E-state index in [0.29, 0.717) is 35.7 Å². The van der Waals surface area contributed by atoms with E-state index in [-0.39, 0.29) is 17.5 Å². The fourth-order valence-corrected chi connectivity index (χ4v) is 5.97. The molecule has 2 fully saturated rings. The van der Waals surface area contributed by atoms with Crippen LogP contribution in [0.15, 0.2) is 28.7 Å². The molecule has 1 aromatic rings. The van der Waals surface area contributed by atoms with E-state index >= 15 is 0 Å². The third-order valence-corrected chi connectivity index (χ3v) is 8.11. The molecule has 2 saturated heterocycles. The summed E-state index contributed by atoms with van der Waals surface area (Å²) in [7, 11) is -3.04. The van der Waals surface area contributed by atoms with E-state index in [1.54, 1.807) is 4.90 Å². The standard InChI is InChI=1S/C15H20BrN3O3S2/c16-13-1-3-14(4-2-13)18-7-11-9-19(10-12(11)8-18)15(20)23-24(21,22)6-5-17/h1-4,11-12H,5-10,17H2/t11-,12+. The number of anilines is 1. The number of rotatable bonds is 4. The Balaban J connectivity index is 1.57. The van der Waals surface area contributed by atoms with Gasteiger partial charge in [0.1, 0.15) is 0 Å². The van der Waals surface area contributed by atoms with Gasteiger partial charge in [0.25, 0.3) is 5.24 Å². The van der Waals surface area contributed by atoms with Gasteiger partial charge in [-0.15, -0.1) is 0 Å². The molecule has 0 aromatic heterocycles. The molecule has 0 unspecified atom stereocenters. The molecule has 24 heavy (non-hydrogen) atoms. The van der Waals surface area contributed by atoms with Crippen molar-refractivity contribution in [3.8, 4) is 0 Å². The van der Waals surface area contributed by atoms with Crippen molar-refractivity contribution in [3.05, 3.63) is 28.7 Å². The van der Waals surface area contributed by atoms with Crippen LogP contribution in [-0.4, -0.2) is 57.0 Å². The Morgan fingerprint density at radius 2 is 1.75 bits per heavy atom. The van der Waals surface area contributed by atoms with Crippen molar-refractivity contribution in [2.75, 3.05) is 43.4 Å². The third-order valence-electron chi connectivity index (χ3n) is 4.50. The van der Waals surface area contributed by atoms with Crippen molar-refractivity contribution < 1.29 is 13.2 Å². The van der Waals surface area contributed by atoms with E-state index in [1.165, 1.54) is 5.69 Å². The average Bonchev–Trinajstić information content (AvgIpc) is 3.06. The third kappa shape index (κ3) is 4.07. The summed E-state index contributed by atoms with van der Waals surface area (Å²) in [6, 6.07) is 8.23. The van der Waals surface area contributed by atoms with Crippen molar-refractivity contribution in [2.45, 2.75) is 0 Å². The van der Waals surface area contributed by atoms with Gasteiger partial charge in [0.2, 0.25) is 8.87 Å². The lowest BCUT2D eigenvalue weighted by Crippen LogP contribution is -2.32. The van der Waals surface area contributed by atoms with Gasteiger partial charge >= 0.3 is 0 Å². The molecule has 3 rings (SSSR count). The summed E-state index contributed by atoms with van der Waals surface area (Å²) in [6.45, 7) is 3.09. The molecule has 0 aliphatic carbocycles. The number of halogens is 1. The lowest BCUT2D eigenvalue weighted by Gasteiger charge is -2.23. The van der Waals surface area contributed by atoms with Gasteiger partial charge in [0.15, 0.2) is 0 Å². The minimum absolute atomic E-state index is 0.0377. The largest absolute Gasteiger partial charge is 0.371 e. The van der Waals surface area contributed by atoms with Gasteiger partial charge in [0.05, 0.1) is 16.5 Å². The van der Waals surface area contributed by atoms with Crippen LogP contribution in [-0.2, 0) is 8.87 Å². The molecule has 0 saturated carbocycles. The molecular weight excluding hydrogens is 414 g/mol. The molecule has 9 heteroatoms. The van der Waals surface area contributed by atoms with Gasteiger partial charge in [-0.2, -0.15) is 0 Å². The molecule has 6 nitrogen and oxygen atoms in total. The summed E-state index contributed by atoms with van der Waals surface area (Å²) in [5.74, 6) is 0.632. The number of carbonyl (C=O) groups excluding carboxylic acids is 1. The Hall–Kier alpha value is -0.770. The van der Waals surface area contributed by atoms with Crippen molar-refractivity contribution in [2.24, 2.45) is 17.6 Å². The molecule has 2 aliphatic rings. The Bertz CT molecular complexity index is 697. The van der Waals surface area contributed by atoms with Crippen LogP contribution in [0, 0.1) is 11.8 Å². The van der Waals surface area contributed by atoms with Gasteiger partial charge in [-0.25, -0.2) is 8.42 Å². The summed E-state index contributed by atoms with van der Waals surface area (Å²) in [5.41, 5.74) is 6.46. The quantitative estimate of drug-likeness (QED) is 0.730. The lowest BCUT2D eigenvalue weighted by molar-refractivity contribution is 0.231. The number of hydrogen-bond acceptors (Lipinski definition) is 6. The molecule has 2 aliphatic heterocycles. The highest BCUT2D eigenvalue weighted by molar-refractivity contribution is 9.10. The van der Waals surface area contributed by atoms with Crippen molar-refractivity contribution >= 4 is 46.5 Å². The second kappa shape index (κ2) is 7.23. The van der Waals surface area contributed by atoms with Crippen molar-refractivity contribution in [3.63, 3.8) is 0 Å². The number of likely N-dealkylation sites (tertiary alicyclic amines) is 1. The maximum absolute atomic E-state index is 12.2. The summed E-state index contributed by atoms with van der Waals surface area (Å²) in [5, 5.41) is -0.368. The van der Waals surface area contributed by atoms with E-state index in [0.717, 1.165) is 17.6 Å². The summed E-state index contributed by atoms with van der Waals surface area (Å²) >= 11 is 3.44. The second-order valence-electron chi connectivity index (χ2n) is 6.21. The SMILES string of the molecule is NCCS(=O)(=O)SC(=O)N1C[C@@H]2CN(c3ccc(Br)cc3)C[C@@H]2C1. The monoisotopic (exact) mass is 433 g/mol. The zero-order valence-corrected chi connectivity index (χ0v) is 16.3. The molecule has 132 valence electrons. The zero-order valence-electron chi connectivity index (χ0n) is 13.1. The lowest BCUT2D eigenvalue weighted by atomic mass is 10.0. The summed E-state index contributed by atoms with van der Waals surface area (Å²) in [4.78, 5) is 16.2. The molecule has 2 heterocycles. The molecule has 0 radical (unpaired) electrons. The summed E-state index contributed by atoms with van der Waals surface area (Å²) in [6.07, 6.45) is 0. The normalized spacial score (nSPS) is 23.6. The second-order valence-corrected chi connectivity index (χ2v) is 11.2. The van der Waals surface area contributed by atoms with Gasteiger partial charge in [-0.05, 0) is 24.3 Å². The number of fused-ring (bicyclic) bond motifs is 1. The first-order chi connectivity index (χ1) is 11.4. The highest BCUT2D eigenvalue weighted by Gasteiger charge is 2.42. The molecule has 1 amide bonds. The van der Waals surface area contributed by atoms with Gasteiger partial charge < -0.3 is 15.5 Å². The van der Waals surface area contributed by atoms with Crippen LogP contribution in [0.4, 0.5) is 10.5 Å². The van der Waals surface area contributed by atoms with Gasteiger partial charge in [0, 0.05) is 54.7 Å². The Labute approximate surface area is 154 Å². The van der Waals surface area contributed by atoms with Gasteiger partial charge in [-0.3, -0.25) is 4.79 Å². The number of carbonyl (C=O) groups is 1. The Kier molecular flexibility index (Phi) is 5.43. The smallest absolute Gasteiger partial charge is 0.296 e. The van der Waals surface area contributed by atoms with Crippen LogP contribution >= 0.6 is 26.7 Å².